The first-order valence-electron chi connectivity index (χ1n) is 8.42. The number of rotatable bonds is 7. The van der Waals surface area contributed by atoms with Crippen molar-refractivity contribution in [2.75, 3.05) is 5.32 Å². The lowest BCUT2D eigenvalue weighted by molar-refractivity contribution is -0.390. The number of nitro groups is 2. The van der Waals surface area contributed by atoms with Crippen LogP contribution in [0.1, 0.15) is 11.7 Å². The monoisotopic (exact) mass is 472 g/mol. The Balaban J connectivity index is 1.93. The Morgan fingerprint density at radius 2 is 1.77 bits per heavy atom. The molecule has 0 spiro atoms. The average Bonchev–Trinajstić information content (AvgIpc) is 2.74. The Bertz CT molecular complexity index is 1110. The van der Waals surface area contributed by atoms with E-state index in [0.29, 0.717) is 10.0 Å². The number of benzene rings is 2. The smallest absolute Gasteiger partial charge is 0.406 e. The summed E-state index contributed by atoms with van der Waals surface area (Å²) in [7, 11) is 0. The number of ether oxygens (including phenoxy) is 1. The number of carbonyl (C=O) groups excluding carboxylic acids is 1. The molecule has 3 aromatic rings. The van der Waals surface area contributed by atoms with E-state index in [1.165, 1.54) is 36.5 Å². The fraction of sp³-hybridized carbons (Fsp3) is 0.0526. The highest BCUT2D eigenvalue weighted by Crippen LogP contribution is 2.31. The number of anilines is 1. The van der Waals surface area contributed by atoms with Gasteiger partial charge in [0.2, 0.25) is 11.9 Å². The van der Waals surface area contributed by atoms with Crippen molar-refractivity contribution in [3.8, 4) is 5.75 Å². The van der Waals surface area contributed by atoms with Gasteiger partial charge in [0.05, 0.1) is 10.6 Å². The van der Waals surface area contributed by atoms with Crippen LogP contribution < -0.4 is 10.1 Å². The number of nitrogens with one attached hydrogen (secondary N) is 1. The zero-order chi connectivity index (χ0) is 21.7. The number of carbonyl (C=O) groups is 1. The van der Waals surface area contributed by atoms with Gasteiger partial charge in [0, 0.05) is 22.2 Å². The van der Waals surface area contributed by atoms with E-state index in [0.717, 1.165) is 0 Å². The van der Waals surface area contributed by atoms with Gasteiger partial charge in [0.1, 0.15) is 6.20 Å². The summed E-state index contributed by atoms with van der Waals surface area (Å²) in [6.45, 7) is 0. The van der Waals surface area contributed by atoms with Crippen LogP contribution in [0.2, 0.25) is 0 Å². The van der Waals surface area contributed by atoms with Crippen LogP contribution in [0.5, 0.6) is 5.75 Å². The van der Waals surface area contributed by atoms with Crippen LogP contribution in [-0.4, -0.2) is 20.7 Å². The summed E-state index contributed by atoms with van der Waals surface area (Å²) >= 11 is 3.19. The summed E-state index contributed by atoms with van der Waals surface area (Å²) in [6, 6.07) is 15.1. The molecule has 0 radical (unpaired) electrons. The molecule has 2 aromatic carbocycles. The van der Waals surface area contributed by atoms with E-state index in [2.05, 4.69) is 26.2 Å². The summed E-state index contributed by atoms with van der Waals surface area (Å²) in [4.78, 5) is 37.5. The van der Waals surface area contributed by atoms with E-state index in [9.17, 15) is 25.0 Å². The van der Waals surface area contributed by atoms with Crippen LogP contribution in [0, 0.1) is 20.2 Å². The molecule has 0 fully saturated rings. The van der Waals surface area contributed by atoms with Crippen LogP contribution in [0.3, 0.4) is 0 Å². The number of hydrogen-bond acceptors (Lipinski definition) is 7. The minimum absolute atomic E-state index is 0.151. The average molecular weight is 473 g/mol. The Morgan fingerprint density at radius 1 is 1.03 bits per heavy atom. The normalized spacial score (nSPS) is 11.4. The van der Waals surface area contributed by atoms with Gasteiger partial charge in [0.25, 0.3) is 11.6 Å². The highest BCUT2D eigenvalue weighted by atomic mass is 79.9. The van der Waals surface area contributed by atoms with E-state index in [4.69, 9.17) is 4.74 Å². The lowest BCUT2D eigenvalue weighted by atomic mass is 10.1. The number of halogens is 1. The SMILES string of the molecule is O=C(Nc1ccc([N+](=O)[O-])cc1Br)C(Oc1cccnc1[N+](=O)[O-])c1ccccc1. The van der Waals surface area contributed by atoms with E-state index in [-0.39, 0.29) is 17.1 Å². The molecule has 0 aliphatic rings. The molecule has 1 atom stereocenters. The van der Waals surface area contributed by atoms with Crippen LogP contribution in [-0.2, 0) is 4.79 Å². The van der Waals surface area contributed by atoms with E-state index >= 15 is 0 Å². The Labute approximate surface area is 177 Å². The molecule has 0 saturated heterocycles. The first-order chi connectivity index (χ1) is 14.4. The maximum atomic E-state index is 13.0. The maximum absolute atomic E-state index is 13.0. The second-order valence-electron chi connectivity index (χ2n) is 5.90. The van der Waals surface area contributed by atoms with Gasteiger partial charge in [0.15, 0.2) is 0 Å². The first kappa shape index (κ1) is 20.9. The topological polar surface area (TPSA) is 138 Å². The van der Waals surface area contributed by atoms with Gasteiger partial charge in [-0.3, -0.25) is 14.9 Å². The molecule has 1 N–H and O–H groups in total. The predicted octanol–water partition coefficient (Wildman–Crippen LogP) is 4.42. The fourth-order valence-corrected chi connectivity index (χ4v) is 3.02. The number of pyridine rings is 1. The zero-order valence-electron chi connectivity index (χ0n) is 15.1. The van der Waals surface area contributed by atoms with Crippen molar-refractivity contribution in [1.82, 2.24) is 4.98 Å². The first-order valence-corrected chi connectivity index (χ1v) is 9.22. The number of nitro benzene ring substituents is 1. The molecule has 152 valence electrons. The number of non-ortho nitro benzene ring substituents is 1. The molecule has 3 rings (SSSR count). The molecule has 10 nitrogen and oxygen atoms in total. The molecule has 0 aliphatic heterocycles. The van der Waals surface area contributed by atoms with Crippen molar-refractivity contribution in [1.29, 1.82) is 0 Å². The number of nitrogens with zero attached hydrogens (tertiary/aromatic N) is 3. The van der Waals surface area contributed by atoms with E-state index < -0.39 is 27.7 Å². The third-order valence-corrected chi connectivity index (χ3v) is 4.59. The van der Waals surface area contributed by atoms with Gasteiger partial charge in [-0.1, -0.05) is 30.3 Å². The van der Waals surface area contributed by atoms with Crippen molar-refractivity contribution < 1.29 is 19.4 Å². The molecule has 1 heterocycles. The molecule has 0 aliphatic carbocycles. The van der Waals surface area contributed by atoms with Crippen LogP contribution in [0.4, 0.5) is 17.2 Å². The second kappa shape index (κ2) is 9.09. The highest BCUT2D eigenvalue weighted by molar-refractivity contribution is 9.10. The van der Waals surface area contributed by atoms with Gasteiger partial charge in [-0.2, -0.15) is 0 Å². The molecule has 1 unspecified atom stereocenters. The van der Waals surface area contributed by atoms with E-state index in [1.807, 2.05) is 0 Å². The van der Waals surface area contributed by atoms with Gasteiger partial charge in [-0.05, 0) is 44.0 Å². The largest absolute Gasteiger partial charge is 0.467 e. The van der Waals surface area contributed by atoms with Gasteiger partial charge in [-0.25, -0.2) is 0 Å². The molecule has 30 heavy (non-hydrogen) atoms. The predicted molar refractivity (Wildman–Crippen MR) is 110 cm³/mol. The standard InChI is InChI=1S/C19H13BrN4O6/c20-14-11-13(23(26)27)8-9-15(14)22-19(25)17(12-5-2-1-3-6-12)30-16-7-4-10-21-18(16)24(28)29/h1-11,17H,(H,22,25). The molecule has 1 amide bonds. The van der Waals surface area contributed by atoms with Gasteiger partial charge in [-0.15, -0.1) is 0 Å². The third kappa shape index (κ3) is 4.75. The maximum Gasteiger partial charge on any atom is 0.406 e. The second-order valence-corrected chi connectivity index (χ2v) is 6.76. The van der Waals surface area contributed by atoms with E-state index in [1.54, 1.807) is 30.3 Å². The molecule has 1 aromatic heterocycles. The fourth-order valence-electron chi connectivity index (χ4n) is 2.56. The van der Waals surface area contributed by atoms with Gasteiger partial charge < -0.3 is 20.2 Å². The van der Waals surface area contributed by atoms with Crippen molar-refractivity contribution in [2.24, 2.45) is 0 Å². The zero-order valence-corrected chi connectivity index (χ0v) is 16.7. The summed E-state index contributed by atoms with van der Waals surface area (Å²) in [5, 5.41) is 24.7. The van der Waals surface area contributed by atoms with Crippen LogP contribution in [0.25, 0.3) is 0 Å². The molecule has 11 heteroatoms. The third-order valence-electron chi connectivity index (χ3n) is 3.93. The summed E-state index contributed by atoms with van der Waals surface area (Å²) < 4.78 is 5.98. The Kier molecular flexibility index (Phi) is 6.32. The Morgan fingerprint density at radius 3 is 2.40 bits per heavy atom. The lowest BCUT2D eigenvalue weighted by Crippen LogP contribution is -2.26. The lowest BCUT2D eigenvalue weighted by Gasteiger charge is -2.19. The number of amides is 1. The van der Waals surface area contributed by atoms with Crippen molar-refractivity contribution >= 4 is 39.0 Å². The summed E-state index contributed by atoms with van der Waals surface area (Å²) in [6.07, 6.45) is 0.00696. The molecular weight excluding hydrogens is 460 g/mol. The van der Waals surface area contributed by atoms with Crippen LogP contribution in [0.15, 0.2) is 71.3 Å². The van der Waals surface area contributed by atoms with Gasteiger partial charge >= 0.3 is 5.82 Å². The quantitative estimate of drug-likeness (QED) is 0.396. The number of hydrogen-bond donors (Lipinski definition) is 1. The molecular formula is C19H13BrN4O6. The summed E-state index contributed by atoms with van der Waals surface area (Å²) in [5.74, 6) is -1.33. The highest BCUT2D eigenvalue weighted by Gasteiger charge is 2.27. The molecule has 0 saturated carbocycles. The number of aromatic nitrogens is 1. The minimum atomic E-state index is -1.24. The van der Waals surface area contributed by atoms with Crippen molar-refractivity contribution in [3.05, 3.63) is 97.1 Å². The Hall–Kier alpha value is -3.86. The minimum Gasteiger partial charge on any atom is -0.467 e. The summed E-state index contributed by atoms with van der Waals surface area (Å²) in [5.41, 5.74) is 0.573. The van der Waals surface area contributed by atoms with Crippen LogP contribution >= 0.6 is 15.9 Å². The van der Waals surface area contributed by atoms with Crippen molar-refractivity contribution in [3.63, 3.8) is 0 Å². The molecule has 0 bridgehead atoms. The van der Waals surface area contributed by atoms with Crippen molar-refractivity contribution in [2.45, 2.75) is 6.10 Å².